The van der Waals surface area contributed by atoms with Crippen molar-refractivity contribution in [2.75, 3.05) is 7.05 Å². The average molecular weight is 257 g/mol. The Hall–Kier alpha value is -1.36. The van der Waals surface area contributed by atoms with E-state index in [1.165, 1.54) is 25.8 Å². The Morgan fingerprint density at radius 2 is 1.94 bits per heavy atom. The molecule has 5 nitrogen and oxygen atoms in total. The van der Waals surface area contributed by atoms with Gasteiger partial charge in [-0.05, 0) is 13.3 Å². The number of hydrogen-bond donors (Lipinski definition) is 1. The van der Waals surface area contributed by atoms with Crippen molar-refractivity contribution in [2.45, 2.75) is 52.4 Å². The summed E-state index contributed by atoms with van der Waals surface area (Å²) in [5.41, 5.74) is 0.236. The van der Waals surface area contributed by atoms with Gasteiger partial charge >= 0.3 is 5.97 Å². The van der Waals surface area contributed by atoms with E-state index < -0.39 is 18.3 Å². The first-order chi connectivity index (χ1) is 8.31. The number of rotatable bonds is 7. The van der Waals surface area contributed by atoms with Crippen LogP contribution in [0.1, 0.15) is 40.0 Å². The molecule has 0 aromatic heterocycles. The molecule has 0 fully saturated rings. The normalized spacial score (nSPS) is 13.6. The quantitative estimate of drug-likeness (QED) is 0.426. The van der Waals surface area contributed by atoms with E-state index in [9.17, 15) is 14.7 Å². The lowest BCUT2D eigenvalue weighted by Crippen LogP contribution is -2.46. The maximum Gasteiger partial charge on any atom is 0.335 e. The summed E-state index contributed by atoms with van der Waals surface area (Å²) in [6.07, 6.45) is 0.346. The molecule has 0 bridgehead atoms. The number of amides is 1. The highest BCUT2D eigenvalue weighted by molar-refractivity contribution is 5.87. The molecule has 5 heteroatoms. The summed E-state index contributed by atoms with van der Waals surface area (Å²) in [7, 11) is 1.49. The Balaban J connectivity index is 4.76. The van der Waals surface area contributed by atoms with Gasteiger partial charge in [-0.25, -0.2) is 4.79 Å². The van der Waals surface area contributed by atoms with Crippen molar-refractivity contribution in [3.8, 4) is 0 Å². The van der Waals surface area contributed by atoms with Crippen LogP contribution in [0, 0.1) is 0 Å². The number of esters is 1. The minimum Gasteiger partial charge on any atom is -0.435 e. The zero-order valence-corrected chi connectivity index (χ0v) is 11.6. The third-order valence-corrected chi connectivity index (χ3v) is 2.64. The van der Waals surface area contributed by atoms with Gasteiger partial charge in [0.2, 0.25) is 12.1 Å². The number of aliphatic hydroxyl groups is 1. The first-order valence-electron chi connectivity index (χ1n) is 6.09. The number of carbonyl (C=O) groups is 2. The van der Waals surface area contributed by atoms with Crippen molar-refractivity contribution < 1.29 is 19.4 Å². The third kappa shape index (κ3) is 5.31. The summed E-state index contributed by atoms with van der Waals surface area (Å²) in [4.78, 5) is 24.0. The van der Waals surface area contributed by atoms with Crippen molar-refractivity contribution in [2.24, 2.45) is 0 Å². The smallest absolute Gasteiger partial charge is 0.335 e. The SMILES string of the molecule is C=C(C)C(=O)OC(C(O)CCCC)N(C)C(C)=O. The maximum absolute atomic E-state index is 11.5. The summed E-state index contributed by atoms with van der Waals surface area (Å²) >= 11 is 0. The molecule has 0 rings (SSSR count). The number of likely N-dealkylation sites (N-methyl/N-ethyl adjacent to an activating group) is 1. The van der Waals surface area contributed by atoms with Crippen molar-refractivity contribution >= 4 is 11.9 Å². The van der Waals surface area contributed by atoms with Crippen LogP contribution < -0.4 is 0 Å². The molecule has 0 saturated carbocycles. The summed E-state index contributed by atoms with van der Waals surface area (Å²) in [6, 6.07) is 0. The van der Waals surface area contributed by atoms with Crippen molar-refractivity contribution in [3.63, 3.8) is 0 Å². The number of nitrogens with zero attached hydrogens (tertiary/aromatic N) is 1. The molecule has 0 heterocycles. The number of carbonyl (C=O) groups excluding carboxylic acids is 2. The van der Waals surface area contributed by atoms with Gasteiger partial charge in [-0.15, -0.1) is 0 Å². The summed E-state index contributed by atoms with van der Waals surface area (Å²) in [5.74, 6) is -0.881. The fraction of sp³-hybridized carbons (Fsp3) is 0.692. The zero-order valence-electron chi connectivity index (χ0n) is 11.6. The molecular formula is C13H23NO4. The molecule has 0 aromatic carbocycles. The lowest BCUT2D eigenvalue weighted by Gasteiger charge is -2.30. The monoisotopic (exact) mass is 257 g/mol. The van der Waals surface area contributed by atoms with Gasteiger partial charge in [0.15, 0.2) is 0 Å². The number of aliphatic hydroxyl groups excluding tert-OH is 1. The predicted octanol–water partition coefficient (Wildman–Crippen LogP) is 1.46. The summed E-state index contributed by atoms with van der Waals surface area (Å²) < 4.78 is 5.11. The number of unbranched alkanes of at least 4 members (excludes halogenated alkanes) is 1. The second-order valence-corrected chi connectivity index (χ2v) is 4.42. The molecule has 0 aromatic rings. The Bertz CT molecular complexity index is 314. The van der Waals surface area contributed by atoms with Crippen LogP contribution in [0.5, 0.6) is 0 Å². The highest BCUT2D eigenvalue weighted by atomic mass is 16.6. The third-order valence-electron chi connectivity index (χ3n) is 2.64. The predicted molar refractivity (Wildman–Crippen MR) is 68.7 cm³/mol. The highest BCUT2D eigenvalue weighted by Gasteiger charge is 2.28. The maximum atomic E-state index is 11.5. The molecule has 1 amide bonds. The van der Waals surface area contributed by atoms with Crippen LogP contribution >= 0.6 is 0 Å². The molecular weight excluding hydrogens is 234 g/mol. The molecule has 0 aliphatic rings. The van der Waals surface area contributed by atoms with E-state index in [1.807, 2.05) is 6.92 Å². The first kappa shape index (κ1) is 16.6. The number of hydrogen-bond acceptors (Lipinski definition) is 4. The summed E-state index contributed by atoms with van der Waals surface area (Å²) in [6.45, 7) is 8.35. The molecule has 1 N–H and O–H groups in total. The van der Waals surface area contributed by atoms with Crippen LogP contribution in [0.2, 0.25) is 0 Å². The van der Waals surface area contributed by atoms with Gasteiger partial charge in [0, 0.05) is 19.5 Å². The van der Waals surface area contributed by atoms with Crippen LogP contribution in [-0.2, 0) is 14.3 Å². The molecule has 0 spiro atoms. The van der Waals surface area contributed by atoms with E-state index in [2.05, 4.69) is 6.58 Å². The van der Waals surface area contributed by atoms with Gasteiger partial charge in [-0.1, -0.05) is 26.3 Å². The van der Waals surface area contributed by atoms with Crippen LogP contribution in [0.4, 0.5) is 0 Å². The standard InChI is InChI=1S/C13H23NO4/c1-6-7-8-11(16)12(14(5)10(4)15)18-13(17)9(2)3/h11-12,16H,2,6-8H2,1,3-5H3. The molecule has 18 heavy (non-hydrogen) atoms. The second kappa shape index (κ2) is 7.87. The van der Waals surface area contributed by atoms with Crippen molar-refractivity contribution in [1.29, 1.82) is 0 Å². The van der Waals surface area contributed by atoms with E-state index in [0.29, 0.717) is 6.42 Å². The Morgan fingerprint density at radius 1 is 1.39 bits per heavy atom. The lowest BCUT2D eigenvalue weighted by molar-refractivity contribution is -0.171. The minimum atomic E-state index is -0.960. The Morgan fingerprint density at radius 3 is 2.33 bits per heavy atom. The van der Waals surface area contributed by atoms with Crippen molar-refractivity contribution in [3.05, 3.63) is 12.2 Å². The van der Waals surface area contributed by atoms with E-state index in [1.54, 1.807) is 0 Å². The topological polar surface area (TPSA) is 66.8 Å². The molecule has 0 aliphatic carbocycles. The van der Waals surface area contributed by atoms with E-state index >= 15 is 0 Å². The van der Waals surface area contributed by atoms with Gasteiger partial charge in [-0.3, -0.25) is 4.79 Å². The van der Waals surface area contributed by atoms with E-state index in [4.69, 9.17) is 4.74 Å². The highest BCUT2D eigenvalue weighted by Crippen LogP contribution is 2.13. The van der Waals surface area contributed by atoms with Gasteiger partial charge < -0.3 is 14.7 Å². The fourth-order valence-corrected chi connectivity index (χ4v) is 1.36. The largest absolute Gasteiger partial charge is 0.435 e. The molecule has 2 atom stereocenters. The van der Waals surface area contributed by atoms with Gasteiger partial charge in [0.25, 0.3) is 0 Å². The van der Waals surface area contributed by atoms with Crippen LogP contribution in [-0.4, -0.2) is 41.3 Å². The average Bonchev–Trinajstić information content (AvgIpc) is 2.31. The molecule has 2 unspecified atom stereocenters. The molecule has 0 aliphatic heterocycles. The van der Waals surface area contributed by atoms with Gasteiger partial charge in [0.1, 0.15) is 6.10 Å². The van der Waals surface area contributed by atoms with Crippen molar-refractivity contribution in [1.82, 2.24) is 4.90 Å². The Labute approximate surface area is 108 Å². The number of ether oxygens (including phenoxy) is 1. The molecule has 0 saturated heterocycles. The van der Waals surface area contributed by atoms with Crippen LogP contribution in [0.25, 0.3) is 0 Å². The Kier molecular flexibility index (Phi) is 7.27. The van der Waals surface area contributed by atoms with Gasteiger partial charge in [0.05, 0.1) is 0 Å². The fourth-order valence-electron chi connectivity index (χ4n) is 1.36. The molecule has 104 valence electrons. The first-order valence-corrected chi connectivity index (χ1v) is 6.09. The zero-order chi connectivity index (χ0) is 14.3. The van der Waals surface area contributed by atoms with Crippen LogP contribution in [0.3, 0.4) is 0 Å². The van der Waals surface area contributed by atoms with Crippen LogP contribution in [0.15, 0.2) is 12.2 Å². The summed E-state index contributed by atoms with van der Waals surface area (Å²) in [5, 5.41) is 9.99. The van der Waals surface area contributed by atoms with E-state index in [-0.39, 0.29) is 11.5 Å². The minimum absolute atomic E-state index is 0.236. The van der Waals surface area contributed by atoms with E-state index in [0.717, 1.165) is 12.8 Å². The molecule has 0 radical (unpaired) electrons. The second-order valence-electron chi connectivity index (χ2n) is 4.42. The lowest BCUT2D eigenvalue weighted by atomic mass is 10.1. The van der Waals surface area contributed by atoms with Gasteiger partial charge in [-0.2, -0.15) is 0 Å².